The van der Waals surface area contributed by atoms with Gasteiger partial charge < -0.3 is 0 Å². The largest absolute Gasteiger partial charge is 0.278 e. The summed E-state index contributed by atoms with van der Waals surface area (Å²) in [5.41, 5.74) is 5.60. The van der Waals surface area contributed by atoms with Crippen molar-refractivity contribution in [1.82, 2.24) is 10.4 Å². The van der Waals surface area contributed by atoms with Crippen molar-refractivity contribution in [3.63, 3.8) is 0 Å². The van der Waals surface area contributed by atoms with Crippen molar-refractivity contribution in [1.29, 1.82) is 0 Å². The summed E-state index contributed by atoms with van der Waals surface area (Å²) < 4.78 is 0. The molecule has 0 unspecified atom stereocenters. The van der Waals surface area contributed by atoms with Crippen LogP contribution < -0.4 is 10.4 Å². The van der Waals surface area contributed by atoms with Crippen LogP contribution in [0.5, 0.6) is 0 Å². The predicted molar refractivity (Wildman–Crippen MR) is 89.2 cm³/mol. The van der Waals surface area contributed by atoms with Gasteiger partial charge in [0.2, 0.25) is 5.91 Å². The maximum Gasteiger partial charge on any atom is 0.242 e. The van der Waals surface area contributed by atoms with Gasteiger partial charge in [0.25, 0.3) is 0 Å². The third kappa shape index (κ3) is 2.32. The Bertz CT molecular complexity index is 749. The number of anilines is 1. The van der Waals surface area contributed by atoms with E-state index in [0.29, 0.717) is 5.92 Å². The minimum absolute atomic E-state index is 0.0593. The molecule has 2 heterocycles. The van der Waals surface area contributed by atoms with E-state index >= 15 is 0 Å². The highest BCUT2D eigenvalue weighted by Crippen LogP contribution is 2.37. The summed E-state index contributed by atoms with van der Waals surface area (Å²) in [6.07, 6.45) is 3.70. The summed E-state index contributed by atoms with van der Waals surface area (Å²) in [5, 5.41) is 2.52. The number of pyridine rings is 1. The number of amidine groups is 1. The van der Waals surface area contributed by atoms with Crippen LogP contribution >= 0.6 is 0 Å². The number of benzene rings is 1. The van der Waals surface area contributed by atoms with E-state index in [2.05, 4.69) is 24.3 Å². The van der Waals surface area contributed by atoms with E-state index in [-0.39, 0.29) is 5.91 Å². The molecule has 3 rings (SSSR count). The second-order valence-electron chi connectivity index (χ2n) is 5.49. The number of rotatable bonds is 3. The Kier molecular flexibility index (Phi) is 3.79. The smallest absolute Gasteiger partial charge is 0.242 e. The number of fused-ring (bicyclic) bond motifs is 3. The number of aromatic nitrogens is 1. The van der Waals surface area contributed by atoms with E-state index in [0.717, 1.165) is 41.0 Å². The average Bonchev–Trinajstić information content (AvgIpc) is 2.55. The molecule has 2 aromatic rings. The first-order valence-electron chi connectivity index (χ1n) is 7.69. The van der Waals surface area contributed by atoms with Gasteiger partial charge in [0.05, 0.1) is 11.7 Å². The molecule has 1 aromatic heterocycles. The first-order valence-corrected chi connectivity index (χ1v) is 7.69. The van der Waals surface area contributed by atoms with Crippen LogP contribution in [0.3, 0.4) is 0 Å². The molecule has 0 bridgehead atoms. The normalized spacial score (nSPS) is 13.8. The molecule has 1 amide bonds. The van der Waals surface area contributed by atoms with Gasteiger partial charge in [0, 0.05) is 18.2 Å². The zero-order chi connectivity index (χ0) is 15.7. The van der Waals surface area contributed by atoms with Crippen LogP contribution in [0.1, 0.15) is 33.6 Å². The Labute approximate surface area is 130 Å². The summed E-state index contributed by atoms with van der Waals surface area (Å²) in [5.74, 6) is 1.09. The highest BCUT2D eigenvalue weighted by atomic mass is 16.2. The molecule has 114 valence electrons. The molecule has 1 N–H and O–H groups in total. The lowest BCUT2D eigenvalue weighted by Gasteiger charge is -2.32. The topological polar surface area (TPSA) is 57.6 Å². The number of aliphatic imine (C=N–C) groups is 1. The molecule has 5 heteroatoms. The van der Waals surface area contributed by atoms with Gasteiger partial charge in [-0.3, -0.25) is 15.2 Å². The van der Waals surface area contributed by atoms with E-state index in [4.69, 9.17) is 4.99 Å². The molecular formula is C17H20N4O. The lowest BCUT2D eigenvalue weighted by atomic mass is 10.0. The molecule has 0 atom stereocenters. The predicted octanol–water partition coefficient (Wildman–Crippen LogP) is 3.57. The van der Waals surface area contributed by atoms with Crippen LogP contribution in [-0.2, 0) is 4.79 Å². The Morgan fingerprint density at radius 1 is 1.27 bits per heavy atom. The van der Waals surface area contributed by atoms with Crippen molar-refractivity contribution < 1.29 is 4.79 Å². The third-order valence-corrected chi connectivity index (χ3v) is 4.11. The molecular weight excluding hydrogens is 276 g/mol. The number of hydrogen-bond acceptors (Lipinski definition) is 4. The molecule has 0 fully saturated rings. The summed E-state index contributed by atoms with van der Waals surface area (Å²) in [7, 11) is 0. The minimum atomic E-state index is -0.0593. The van der Waals surface area contributed by atoms with Crippen LogP contribution in [-0.4, -0.2) is 16.7 Å². The van der Waals surface area contributed by atoms with Gasteiger partial charge in [-0.15, -0.1) is 0 Å². The Morgan fingerprint density at radius 2 is 2.00 bits per heavy atom. The first-order chi connectivity index (χ1) is 10.7. The van der Waals surface area contributed by atoms with Gasteiger partial charge in [-0.1, -0.05) is 32.0 Å². The summed E-state index contributed by atoms with van der Waals surface area (Å²) >= 11 is 0. The zero-order valence-corrected chi connectivity index (χ0v) is 13.1. The van der Waals surface area contributed by atoms with Gasteiger partial charge in [0.15, 0.2) is 0 Å². The fourth-order valence-corrected chi connectivity index (χ4v) is 2.85. The van der Waals surface area contributed by atoms with Crippen LogP contribution in [0.25, 0.3) is 10.9 Å². The lowest BCUT2D eigenvalue weighted by Crippen LogP contribution is -2.49. The van der Waals surface area contributed by atoms with E-state index in [9.17, 15) is 4.79 Å². The van der Waals surface area contributed by atoms with Crippen molar-refractivity contribution >= 4 is 34.0 Å². The van der Waals surface area contributed by atoms with E-state index < -0.39 is 0 Å². The molecule has 0 saturated carbocycles. The third-order valence-electron chi connectivity index (χ3n) is 4.11. The highest BCUT2D eigenvalue weighted by Gasteiger charge is 2.27. The number of hydrazine groups is 1. The van der Waals surface area contributed by atoms with Crippen molar-refractivity contribution in [3.8, 4) is 0 Å². The number of hydrogen-bond donors (Lipinski definition) is 1. The molecule has 1 aromatic carbocycles. The fraction of sp³-hybridized carbons (Fsp3) is 0.353. The Hall–Kier alpha value is -2.43. The standard InChI is InChI=1S/C17H20N4O/c1-4-12(5-2)17-19-15-10-18-14-9-7-6-8-13(14)16(15)21(20-17)11(3)22/h6-10,12H,4-5H2,1-3H3,(H,19,20). The SMILES string of the molecule is CCC(CC)C1=Nc2cnc3ccccc3c2N(C(C)=O)N1. The van der Waals surface area contributed by atoms with Crippen molar-refractivity contribution in [2.75, 3.05) is 5.01 Å². The van der Waals surface area contributed by atoms with Crippen molar-refractivity contribution in [2.45, 2.75) is 33.6 Å². The molecule has 1 aliphatic rings. The van der Waals surface area contributed by atoms with Gasteiger partial charge in [-0.05, 0) is 18.9 Å². The first kappa shape index (κ1) is 14.5. The second-order valence-corrected chi connectivity index (χ2v) is 5.49. The highest BCUT2D eigenvalue weighted by molar-refractivity contribution is 6.10. The second kappa shape index (κ2) is 5.75. The minimum Gasteiger partial charge on any atom is -0.278 e. The molecule has 0 aliphatic carbocycles. The van der Waals surface area contributed by atoms with E-state index in [1.54, 1.807) is 18.1 Å². The molecule has 1 aliphatic heterocycles. The number of nitrogens with zero attached hydrogens (tertiary/aromatic N) is 3. The van der Waals surface area contributed by atoms with Gasteiger partial charge in [-0.25, -0.2) is 10.0 Å². The molecule has 0 spiro atoms. The Balaban J connectivity index is 2.22. The number of para-hydroxylation sites is 1. The van der Waals surface area contributed by atoms with Crippen molar-refractivity contribution in [3.05, 3.63) is 30.5 Å². The van der Waals surface area contributed by atoms with E-state index in [1.165, 1.54) is 0 Å². The number of amides is 1. The zero-order valence-electron chi connectivity index (χ0n) is 13.1. The van der Waals surface area contributed by atoms with Crippen LogP contribution in [0.15, 0.2) is 35.5 Å². The monoisotopic (exact) mass is 296 g/mol. The lowest BCUT2D eigenvalue weighted by molar-refractivity contribution is -0.117. The van der Waals surface area contributed by atoms with Crippen molar-refractivity contribution in [2.24, 2.45) is 10.9 Å². The van der Waals surface area contributed by atoms with Crippen LogP contribution in [0.4, 0.5) is 11.4 Å². The maximum absolute atomic E-state index is 12.1. The number of nitrogens with one attached hydrogen (secondary N) is 1. The van der Waals surface area contributed by atoms with Gasteiger partial charge in [0.1, 0.15) is 17.2 Å². The molecule has 0 radical (unpaired) electrons. The van der Waals surface area contributed by atoms with Crippen LogP contribution in [0.2, 0.25) is 0 Å². The summed E-state index contributed by atoms with van der Waals surface area (Å²) in [6.45, 7) is 5.82. The van der Waals surface area contributed by atoms with Gasteiger partial charge in [-0.2, -0.15) is 0 Å². The maximum atomic E-state index is 12.1. The average molecular weight is 296 g/mol. The number of carbonyl (C=O) groups is 1. The van der Waals surface area contributed by atoms with Gasteiger partial charge >= 0.3 is 0 Å². The number of carbonyl (C=O) groups excluding carboxylic acids is 1. The summed E-state index contributed by atoms with van der Waals surface area (Å²) in [6, 6.07) is 7.79. The molecule has 22 heavy (non-hydrogen) atoms. The quantitative estimate of drug-likeness (QED) is 0.942. The Morgan fingerprint density at radius 3 is 2.68 bits per heavy atom. The summed E-state index contributed by atoms with van der Waals surface area (Å²) in [4.78, 5) is 21.3. The van der Waals surface area contributed by atoms with Crippen LogP contribution in [0, 0.1) is 5.92 Å². The van der Waals surface area contributed by atoms with E-state index in [1.807, 2.05) is 24.3 Å². The fourth-order valence-electron chi connectivity index (χ4n) is 2.85. The molecule has 5 nitrogen and oxygen atoms in total. The molecule has 0 saturated heterocycles.